The SMILES string of the molecule is COc1cccc(C[C@H](C#N)C(=O)Nc2ccc(C)cc2)c1. The third-order valence-corrected chi connectivity index (χ3v) is 3.37. The number of methoxy groups -OCH3 is 1. The number of anilines is 1. The zero-order valence-electron chi connectivity index (χ0n) is 12.7. The molecule has 0 radical (unpaired) electrons. The van der Waals surface area contributed by atoms with Crippen molar-refractivity contribution in [2.75, 3.05) is 12.4 Å². The van der Waals surface area contributed by atoms with Gasteiger partial charge in [0.15, 0.2) is 0 Å². The van der Waals surface area contributed by atoms with Crippen LogP contribution in [0.5, 0.6) is 5.75 Å². The van der Waals surface area contributed by atoms with Gasteiger partial charge in [0, 0.05) is 5.69 Å². The maximum Gasteiger partial charge on any atom is 0.242 e. The molecule has 112 valence electrons. The van der Waals surface area contributed by atoms with Gasteiger partial charge in [0.1, 0.15) is 11.7 Å². The summed E-state index contributed by atoms with van der Waals surface area (Å²) in [6, 6.07) is 16.9. The van der Waals surface area contributed by atoms with Crippen LogP contribution in [-0.2, 0) is 11.2 Å². The minimum absolute atomic E-state index is 0.297. The number of amides is 1. The van der Waals surface area contributed by atoms with Crippen molar-refractivity contribution in [1.82, 2.24) is 0 Å². The third-order valence-electron chi connectivity index (χ3n) is 3.37. The molecular formula is C18H18N2O2. The molecule has 2 aromatic rings. The van der Waals surface area contributed by atoms with Crippen molar-refractivity contribution >= 4 is 11.6 Å². The van der Waals surface area contributed by atoms with Crippen LogP contribution < -0.4 is 10.1 Å². The van der Waals surface area contributed by atoms with E-state index in [0.29, 0.717) is 17.9 Å². The Bertz CT molecular complexity index is 687. The highest BCUT2D eigenvalue weighted by Gasteiger charge is 2.18. The van der Waals surface area contributed by atoms with E-state index in [0.717, 1.165) is 11.1 Å². The molecule has 0 aliphatic heterocycles. The molecule has 1 N–H and O–H groups in total. The summed E-state index contributed by atoms with van der Waals surface area (Å²) < 4.78 is 5.15. The molecule has 2 rings (SSSR count). The van der Waals surface area contributed by atoms with Crippen molar-refractivity contribution < 1.29 is 9.53 Å². The highest BCUT2D eigenvalue weighted by molar-refractivity contribution is 5.94. The van der Waals surface area contributed by atoms with Crippen molar-refractivity contribution in [2.45, 2.75) is 13.3 Å². The molecule has 4 nitrogen and oxygen atoms in total. The van der Waals surface area contributed by atoms with Crippen LogP contribution in [0.25, 0.3) is 0 Å². The molecule has 1 atom stereocenters. The summed E-state index contributed by atoms with van der Waals surface area (Å²) in [7, 11) is 1.59. The number of nitriles is 1. The first-order valence-corrected chi connectivity index (χ1v) is 7.02. The number of benzene rings is 2. The van der Waals surface area contributed by atoms with Crippen LogP contribution in [0.3, 0.4) is 0 Å². The summed E-state index contributed by atoms with van der Waals surface area (Å²) in [5.74, 6) is -0.323. The molecule has 0 unspecified atom stereocenters. The van der Waals surface area contributed by atoms with Gasteiger partial charge in [-0.15, -0.1) is 0 Å². The summed E-state index contributed by atoms with van der Waals surface area (Å²) in [6.45, 7) is 1.98. The van der Waals surface area contributed by atoms with Gasteiger partial charge in [0.05, 0.1) is 13.2 Å². The summed E-state index contributed by atoms with van der Waals surface area (Å²) in [5.41, 5.74) is 2.71. The molecule has 0 spiro atoms. The minimum Gasteiger partial charge on any atom is -0.497 e. The Labute approximate surface area is 130 Å². The molecule has 22 heavy (non-hydrogen) atoms. The van der Waals surface area contributed by atoms with E-state index in [1.807, 2.05) is 55.5 Å². The number of nitrogens with one attached hydrogen (secondary N) is 1. The lowest BCUT2D eigenvalue weighted by Gasteiger charge is -2.11. The lowest BCUT2D eigenvalue weighted by Crippen LogP contribution is -2.23. The van der Waals surface area contributed by atoms with Crippen LogP contribution in [0.4, 0.5) is 5.69 Å². The first-order chi connectivity index (χ1) is 10.6. The van der Waals surface area contributed by atoms with E-state index in [1.54, 1.807) is 7.11 Å². The molecule has 0 bridgehead atoms. The smallest absolute Gasteiger partial charge is 0.242 e. The first-order valence-electron chi connectivity index (χ1n) is 7.02. The van der Waals surface area contributed by atoms with Crippen molar-refractivity contribution in [1.29, 1.82) is 5.26 Å². The van der Waals surface area contributed by atoms with Gasteiger partial charge in [-0.05, 0) is 43.2 Å². The molecule has 0 aromatic heterocycles. The minimum atomic E-state index is -0.742. The largest absolute Gasteiger partial charge is 0.497 e. The van der Waals surface area contributed by atoms with Crippen molar-refractivity contribution in [3.05, 3.63) is 59.7 Å². The number of carbonyl (C=O) groups is 1. The average Bonchev–Trinajstić information content (AvgIpc) is 2.54. The molecule has 0 aliphatic rings. The molecule has 4 heteroatoms. The first kappa shape index (κ1) is 15.6. The molecule has 0 heterocycles. The number of rotatable bonds is 5. The fourth-order valence-electron chi connectivity index (χ4n) is 2.10. The number of hydrogen-bond donors (Lipinski definition) is 1. The lowest BCUT2D eigenvalue weighted by molar-refractivity contribution is -0.118. The summed E-state index contributed by atoms with van der Waals surface area (Å²) >= 11 is 0. The fraction of sp³-hybridized carbons (Fsp3) is 0.222. The van der Waals surface area contributed by atoms with Crippen LogP contribution in [0.2, 0.25) is 0 Å². The number of aryl methyl sites for hydroxylation is 1. The van der Waals surface area contributed by atoms with E-state index < -0.39 is 5.92 Å². The zero-order valence-corrected chi connectivity index (χ0v) is 12.7. The predicted octanol–water partition coefficient (Wildman–Crippen LogP) is 3.32. The van der Waals surface area contributed by atoms with Gasteiger partial charge in [-0.1, -0.05) is 29.8 Å². The molecule has 0 fully saturated rings. The van der Waals surface area contributed by atoms with Crippen molar-refractivity contribution in [2.24, 2.45) is 5.92 Å². The second kappa shape index (κ2) is 7.28. The topological polar surface area (TPSA) is 62.1 Å². The maximum absolute atomic E-state index is 12.2. The molecule has 0 saturated heterocycles. The number of carbonyl (C=O) groups excluding carboxylic acids is 1. The Morgan fingerprint density at radius 2 is 2.00 bits per heavy atom. The zero-order chi connectivity index (χ0) is 15.9. The number of ether oxygens (including phenoxy) is 1. The predicted molar refractivity (Wildman–Crippen MR) is 85.6 cm³/mol. The van der Waals surface area contributed by atoms with E-state index in [4.69, 9.17) is 4.74 Å². The highest BCUT2D eigenvalue weighted by atomic mass is 16.5. The van der Waals surface area contributed by atoms with Crippen LogP contribution in [-0.4, -0.2) is 13.0 Å². The van der Waals surface area contributed by atoms with Gasteiger partial charge < -0.3 is 10.1 Å². The van der Waals surface area contributed by atoms with Crippen LogP contribution in [0.1, 0.15) is 11.1 Å². The molecule has 1 amide bonds. The van der Waals surface area contributed by atoms with E-state index >= 15 is 0 Å². The van der Waals surface area contributed by atoms with Gasteiger partial charge in [0.25, 0.3) is 0 Å². The number of nitrogens with zero attached hydrogens (tertiary/aromatic N) is 1. The highest BCUT2D eigenvalue weighted by Crippen LogP contribution is 2.17. The van der Waals surface area contributed by atoms with E-state index in [1.165, 1.54) is 0 Å². The van der Waals surface area contributed by atoms with Gasteiger partial charge in [-0.25, -0.2) is 0 Å². The normalized spacial score (nSPS) is 11.3. The van der Waals surface area contributed by atoms with E-state index in [9.17, 15) is 10.1 Å². The summed E-state index contributed by atoms with van der Waals surface area (Å²) in [6.07, 6.45) is 0.353. The lowest BCUT2D eigenvalue weighted by atomic mass is 9.99. The molecular weight excluding hydrogens is 276 g/mol. The Hall–Kier alpha value is -2.80. The van der Waals surface area contributed by atoms with E-state index in [-0.39, 0.29) is 5.91 Å². The van der Waals surface area contributed by atoms with Crippen molar-refractivity contribution in [3.63, 3.8) is 0 Å². The van der Waals surface area contributed by atoms with Gasteiger partial charge in [-0.2, -0.15) is 5.26 Å². The van der Waals surface area contributed by atoms with Crippen LogP contribution in [0.15, 0.2) is 48.5 Å². The molecule has 0 aliphatic carbocycles. The molecule has 0 saturated carbocycles. The van der Waals surface area contributed by atoms with Crippen LogP contribution >= 0.6 is 0 Å². The van der Waals surface area contributed by atoms with Crippen molar-refractivity contribution in [3.8, 4) is 11.8 Å². The Morgan fingerprint density at radius 1 is 1.27 bits per heavy atom. The quantitative estimate of drug-likeness (QED) is 0.920. The standard InChI is InChI=1S/C18H18N2O2/c1-13-6-8-16(9-7-13)20-18(21)15(12-19)10-14-4-3-5-17(11-14)22-2/h3-9,11,15H,10H2,1-2H3,(H,20,21)/t15-/m1/s1. The van der Waals surface area contributed by atoms with Gasteiger partial charge in [0.2, 0.25) is 5.91 Å². The average molecular weight is 294 g/mol. The second-order valence-corrected chi connectivity index (χ2v) is 5.09. The Balaban J connectivity index is 2.05. The molecule has 2 aromatic carbocycles. The Kier molecular flexibility index (Phi) is 5.16. The Morgan fingerprint density at radius 3 is 2.64 bits per heavy atom. The monoisotopic (exact) mass is 294 g/mol. The van der Waals surface area contributed by atoms with Crippen LogP contribution in [0, 0.1) is 24.2 Å². The summed E-state index contributed by atoms with van der Waals surface area (Å²) in [5, 5.41) is 12.0. The third kappa shape index (κ3) is 4.10. The second-order valence-electron chi connectivity index (χ2n) is 5.09. The fourth-order valence-corrected chi connectivity index (χ4v) is 2.10. The van der Waals surface area contributed by atoms with Gasteiger partial charge in [-0.3, -0.25) is 4.79 Å². The van der Waals surface area contributed by atoms with Gasteiger partial charge >= 0.3 is 0 Å². The maximum atomic E-state index is 12.2. The summed E-state index contributed by atoms with van der Waals surface area (Å²) in [4.78, 5) is 12.2. The number of hydrogen-bond acceptors (Lipinski definition) is 3. The van der Waals surface area contributed by atoms with E-state index in [2.05, 4.69) is 11.4 Å².